The van der Waals surface area contributed by atoms with E-state index in [1.54, 1.807) is 25.8 Å². The van der Waals surface area contributed by atoms with Gasteiger partial charge in [-0.25, -0.2) is 4.72 Å². The van der Waals surface area contributed by atoms with Gasteiger partial charge in [-0.2, -0.15) is 0 Å². The van der Waals surface area contributed by atoms with Gasteiger partial charge in [0, 0.05) is 29.7 Å². The van der Waals surface area contributed by atoms with Crippen LogP contribution in [0.5, 0.6) is 0 Å². The van der Waals surface area contributed by atoms with Crippen LogP contribution in [0.25, 0.3) is 0 Å². The Hall–Kier alpha value is -0.930. The summed E-state index contributed by atoms with van der Waals surface area (Å²) < 4.78 is 9.24. The van der Waals surface area contributed by atoms with Crippen molar-refractivity contribution in [2.75, 3.05) is 18.7 Å². The van der Waals surface area contributed by atoms with E-state index in [0.717, 1.165) is 28.3 Å². The number of nitrogens with one attached hydrogen (secondary N) is 1. The summed E-state index contributed by atoms with van der Waals surface area (Å²) in [5.41, 5.74) is 0.480. The summed E-state index contributed by atoms with van der Waals surface area (Å²) in [7, 11) is 1.00. The van der Waals surface area contributed by atoms with Crippen LogP contribution in [0.4, 0.5) is 11.4 Å². The highest BCUT2D eigenvalue weighted by Gasteiger charge is 2.37. The van der Waals surface area contributed by atoms with Crippen molar-refractivity contribution in [2.45, 2.75) is 48.7 Å². The fourth-order valence-electron chi connectivity index (χ4n) is 2.23. The van der Waals surface area contributed by atoms with Crippen molar-refractivity contribution < 1.29 is 14.4 Å². The summed E-state index contributed by atoms with van der Waals surface area (Å²) >= 11 is 9.32. The number of benzene rings is 2. The first-order chi connectivity index (χ1) is 13.2. The van der Waals surface area contributed by atoms with Crippen LogP contribution in [-0.4, -0.2) is 35.2 Å². The molecule has 3 rings (SSSR count). The zero-order valence-corrected chi connectivity index (χ0v) is 19.1. The number of nitrogens with zero attached hydrogens (tertiary/aromatic N) is 1. The first-order valence-corrected chi connectivity index (χ1v) is 10.7. The number of aliphatic hydroxyl groups is 2. The Morgan fingerprint density at radius 1 is 1.14 bits per heavy atom. The normalized spacial score (nSPS) is 14.2. The summed E-state index contributed by atoms with van der Waals surface area (Å²) in [6.07, 6.45) is 0. The zero-order chi connectivity index (χ0) is 20.9. The van der Waals surface area contributed by atoms with Gasteiger partial charge in [0.2, 0.25) is 0 Å². The van der Waals surface area contributed by atoms with Crippen molar-refractivity contribution in [1.29, 1.82) is 0 Å². The average Bonchev–Trinajstić information content (AvgIpc) is 2.67. The van der Waals surface area contributed by atoms with Crippen molar-refractivity contribution in [1.82, 2.24) is 4.72 Å². The molecule has 3 N–H and O–H groups in total. The third-order valence-corrected chi connectivity index (χ3v) is 6.85. The molecule has 0 fully saturated rings. The second-order valence-electron chi connectivity index (χ2n) is 7.15. The number of hydrogen-bond donors (Lipinski definition) is 3. The minimum atomic E-state index is -0.971. The second-order valence-corrected chi connectivity index (χ2v) is 9.27. The molecule has 0 spiro atoms. The van der Waals surface area contributed by atoms with E-state index in [9.17, 15) is 5.11 Å². The van der Waals surface area contributed by atoms with E-state index in [4.69, 9.17) is 20.9 Å². The van der Waals surface area contributed by atoms with Gasteiger partial charge in [-0.05, 0) is 63.9 Å². The number of aliphatic hydroxyl groups excluding tert-OH is 1. The fraction of sp³-hybridized carbons (Fsp3) is 0.400. The molecule has 0 saturated carbocycles. The van der Waals surface area contributed by atoms with E-state index in [2.05, 4.69) is 21.8 Å². The lowest BCUT2D eigenvalue weighted by molar-refractivity contribution is -0.0813. The van der Waals surface area contributed by atoms with E-state index < -0.39 is 11.2 Å². The van der Waals surface area contributed by atoms with Crippen LogP contribution in [-0.2, 0) is 4.18 Å². The van der Waals surface area contributed by atoms with Crippen LogP contribution in [0.15, 0.2) is 52.3 Å². The molecule has 0 aliphatic carbocycles. The number of halogens is 1. The quantitative estimate of drug-likeness (QED) is 0.433. The molecule has 2 aromatic carbocycles. The van der Waals surface area contributed by atoms with Crippen molar-refractivity contribution in [2.24, 2.45) is 0 Å². The van der Waals surface area contributed by atoms with Gasteiger partial charge in [-0.3, -0.25) is 0 Å². The summed E-state index contributed by atoms with van der Waals surface area (Å²) in [5.74, 6) is 0. The maximum atomic E-state index is 10.3. The van der Waals surface area contributed by atoms with Gasteiger partial charge in [0.1, 0.15) is 5.60 Å². The molecule has 1 aliphatic rings. The number of para-hydroxylation sites is 1. The summed E-state index contributed by atoms with van der Waals surface area (Å²) in [6, 6.07) is 14.2. The van der Waals surface area contributed by atoms with Gasteiger partial charge < -0.3 is 19.3 Å². The lowest BCUT2D eigenvalue weighted by atomic mass is 9.90. The van der Waals surface area contributed by atoms with Gasteiger partial charge in [-0.1, -0.05) is 29.8 Å². The predicted octanol–water partition coefficient (Wildman–Crippen LogP) is 5.23. The van der Waals surface area contributed by atoms with Crippen molar-refractivity contribution in [3.63, 3.8) is 0 Å². The average molecular weight is 443 g/mol. The molecule has 8 heteroatoms. The largest absolute Gasteiger partial charge is 0.400 e. The van der Waals surface area contributed by atoms with Crippen LogP contribution in [0.2, 0.25) is 5.02 Å². The molecule has 0 bridgehead atoms. The van der Waals surface area contributed by atoms with Gasteiger partial charge in [-0.15, -0.1) is 0 Å². The summed E-state index contributed by atoms with van der Waals surface area (Å²) in [6.45, 7) is 7.89. The standard InChI is InChI=1S/C19H23ClN2O2S2.CH4O/c1-18(2,23)19(3,4)24-26-16-11-17-15(10-14(16)20)22(12-21-25-17)13-8-6-5-7-9-13;1-2/h5-11,21,23H,12H2,1-4H3;2H,1H3. The minimum Gasteiger partial charge on any atom is -0.400 e. The third-order valence-electron chi connectivity index (χ3n) is 4.59. The summed E-state index contributed by atoms with van der Waals surface area (Å²) in [4.78, 5) is 4.09. The Kier molecular flexibility index (Phi) is 8.10. The summed E-state index contributed by atoms with van der Waals surface area (Å²) in [5, 5.41) is 17.9. The Balaban J connectivity index is 0.00000136. The third kappa shape index (κ3) is 5.36. The topological polar surface area (TPSA) is 65.0 Å². The van der Waals surface area contributed by atoms with Crippen molar-refractivity contribution in [3.05, 3.63) is 47.5 Å². The molecular formula is C20H27ClN2O3S2. The van der Waals surface area contributed by atoms with Crippen molar-refractivity contribution >= 4 is 47.0 Å². The molecule has 28 heavy (non-hydrogen) atoms. The fourth-order valence-corrected chi connectivity index (χ4v) is 4.16. The number of rotatable bonds is 5. The first kappa shape index (κ1) is 23.3. The highest BCUT2D eigenvalue weighted by atomic mass is 35.5. The molecule has 5 nitrogen and oxygen atoms in total. The first-order valence-electron chi connectivity index (χ1n) is 8.78. The molecular weight excluding hydrogens is 416 g/mol. The molecule has 0 saturated heterocycles. The Morgan fingerprint density at radius 3 is 2.39 bits per heavy atom. The Bertz CT molecular complexity index is 783. The smallest absolute Gasteiger partial charge is 0.106 e. The van der Waals surface area contributed by atoms with Crippen LogP contribution in [0.1, 0.15) is 27.7 Å². The molecule has 2 aromatic rings. The van der Waals surface area contributed by atoms with Gasteiger partial charge >= 0.3 is 0 Å². The number of hydrogen-bond acceptors (Lipinski definition) is 7. The van der Waals surface area contributed by atoms with E-state index in [1.807, 2.05) is 44.2 Å². The van der Waals surface area contributed by atoms with E-state index >= 15 is 0 Å². The minimum absolute atomic E-state index is 0.628. The number of anilines is 2. The molecule has 0 radical (unpaired) electrons. The number of fused-ring (bicyclic) bond motifs is 1. The van der Waals surface area contributed by atoms with E-state index in [-0.39, 0.29) is 0 Å². The van der Waals surface area contributed by atoms with Gasteiger partial charge in [0.25, 0.3) is 0 Å². The van der Waals surface area contributed by atoms with Crippen LogP contribution in [0.3, 0.4) is 0 Å². The lowest BCUT2D eigenvalue weighted by Crippen LogP contribution is -2.45. The second kappa shape index (κ2) is 9.71. The van der Waals surface area contributed by atoms with Gasteiger partial charge in [0.15, 0.2) is 0 Å². The van der Waals surface area contributed by atoms with Crippen LogP contribution >= 0.6 is 35.6 Å². The monoisotopic (exact) mass is 442 g/mol. The zero-order valence-electron chi connectivity index (χ0n) is 16.7. The molecule has 0 unspecified atom stereocenters. The molecule has 0 amide bonds. The maximum Gasteiger partial charge on any atom is 0.106 e. The van der Waals surface area contributed by atoms with Crippen molar-refractivity contribution in [3.8, 4) is 0 Å². The van der Waals surface area contributed by atoms with E-state index in [0.29, 0.717) is 11.7 Å². The highest BCUT2D eigenvalue weighted by Crippen LogP contribution is 2.44. The molecule has 1 aliphatic heterocycles. The predicted molar refractivity (Wildman–Crippen MR) is 119 cm³/mol. The maximum absolute atomic E-state index is 10.3. The van der Waals surface area contributed by atoms with E-state index in [1.165, 1.54) is 12.0 Å². The molecule has 154 valence electrons. The molecule has 1 heterocycles. The van der Waals surface area contributed by atoms with Gasteiger partial charge in [0.05, 0.1) is 27.9 Å². The lowest BCUT2D eigenvalue weighted by Gasteiger charge is -2.36. The SMILES string of the molecule is CC(C)(O)C(C)(C)OSc1cc2c(cc1Cl)N(c1ccccc1)CNS2.CO. The highest BCUT2D eigenvalue weighted by molar-refractivity contribution is 7.97. The Morgan fingerprint density at radius 2 is 1.79 bits per heavy atom. The Labute approximate surface area is 180 Å². The molecule has 0 aromatic heterocycles. The van der Waals surface area contributed by atoms with Crippen LogP contribution in [0, 0.1) is 0 Å². The molecule has 0 atom stereocenters. The van der Waals surface area contributed by atoms with Crippen LogP contribution < -0.4 is 9.62 Å².